The summed E-state index contributed by atoms with van der Waals surface area (Å²) in [6.45, 7) is 5.63. The van der Waals surface area contributed by atoms with Gasteiger partial charge < -0.3 is 93.5 Å². The van der Waals surface area contributed by atoms with Gasteiger partial charge in [-0.15, -0.1) is 0 Å². The number of carbonyl (C=O) groups excluding carboxylic acids is 9. The van der Waals surface area contributed by atoms with Gasteiger partial charge in [-0.3, -0.25) is 57.9 Å². The third-order valence-electron chi connectivity index (χ3n) is 12.0. The molecule has 1 aliphatic heterocycles. The maximum atomic E-state index is 14.3. The minimum atomic E-state index is -1.45. The standard InChI is InChI=1S/C45H84N18O11S2/c1-4-24(2)34(63-41(72)30(15-16-33(64)65)59-37(68)26(48)11-9-20-54-44(50)51)43(74)62-32-23-76-75-22-17-31(40(71)57-27(35(49)66)14-10-21-55-45(52)53)61-39(70)29(13-6-8-19-47)60-38(69)28(12-5-7-18-46)58-36(67)25(3)56-42(32)73/h24-32,34H,4-23,46-48H2,1-3H3,(H2,49,66)(H,56,73)(H,57,71)(H,58,67)(H,59,68)(H,60,69)(H,61,70)(H,62,74)(H,63,72)(H,64,65)(H4,50,51,54)(H4,52,53,55)/t24-,25-,26-,27-,28-,29-,30-,31-,32+,34-/m0/s1. The van der Waals surface area contributed by atoms with Gasteiger partial charge in [0.1, 0.15) is 48.3 Å². The largest absolute Gasteiger partial charge is 0.481 e. The molecule has 0 spiro atoms. The van der Waals surface area contributed by atoms with Gasteiger partial charge in [-0.1, -0.05) is 41.9 Å². The lowest BCUT2D eigenvalue weighted by Gasteiger charge is -2.29. The molecule has 0 aliphatic carbocycles. The molecule has 0 saturated carbocycles. The van der Waals surface area contributed by atoms with Crippen LogP contribution in [0, 0.1) is 5.92 Å². The summed E-state index contributed by atoms with van der Waals surface area (Å²) in [6.07, 6.45) is 2.04. The van der Waals surface area contributed by atoms with Crippen LogP contribution in [-0.4, -0.2) is 168 Å². The predicted molar refractivity (Wildman–Crippen MR) is 290 cm³/mol. The molecule has 0 aromatic heterocycles. The lowest BCUT2D eigenvalue weighted by Crippen LogP contribution is -2.61. The summed E-state index contributed by atoms with van der Waals surface area (Å²) in [6, 6.07) is -11.5. The normalized spacial score (nSPS) is 20.8. The Bertz CT molecular complexity index is 1980. The molecule has 1 rings (SSSR count). The Balaban J connectivity index is 3.67. The molecule has 31 heteroatoms. The van der Waals surface area contributed by atoms with E-state index in [1.807, 2.05) is 0 Å². The predicted octanol–water partition coefficient (Wildman–Crippen LogP) is -5.24. The Hall–Kier alpha value is -6.18. The molecule has 29 nitrogen and oxygen atoms in total. The van der Waals surface area contributed by atoms with E-state index in [1.165, 1.54) is 6.92 Å². The molecule has 0 unspecified atom stereocenters. The Labute approximate surface area is 451 Å². The molecule has 10 atom stereocenters. The highest BCUT2D eigenvalue weighted by molar-refractivity contribution is 8.76. The number of carbonyl (C=O) groups is 10. The number of carboxylic acids is 1. The number of nitrogens with two attached hydrogens (primary N) is 8. The number of unbranched alkanes of at least 4 members (excludes halogenated alkanes) is 2. The van der Waals surface area contributed by atoms with Crippen LogP contribution in [0.25, 0.3) is 0 Å². The molecule has 9 amide bonds. The van der Waals surface area contributed by atoms with Gasteiger partial charge in [-0.05, 0) is 103 Å². The van der Waals surface area contributed by atoms with Crippen molar-refractivity contribution in [3.05, 3.63) is 0 Å². The van der Waals surface area contributed by atoms with E-state index < -0.39 is 126 Å². The first-order valence-corrected chi connectivity index (χ1v) is 27.9. The number of rotatable bonds is 30. The first kappa shape index (κ1) is 67.8. The van der Waals surface area contributed by atoms with Gasteiger partial charge in [0.2, 0.25) is 53.2 Å². The number of hydrogen-bond donors (Lipinski definition) is 17. The Morgan fingerprint density at radius 1 is 0.684 bits per heavy atom. The molecular formula is C45H84N18O11S2. The van der Waals surface area contributed by atoms with E-state index in [-0.39, 0.29) is 88.0 Å². The Morgan fingerprint density at radius 3 is 1.79 bits per heavy atom. The molecule has 0 aromatic carbocycles. The molecule has 25 N–H and O–H groups in total. The number of guanidine groups is 2. The fourth-order valence-corrected chi connectivity index (χ4v) is 9.54. The second-order valence-electron chi connectivity index (χ2n) is 18.3. The van der Waals surface area contributed by atoms with Crippen molar-refractivity contribution in [2.45, 2.75) is 165 Å². The summed E-state index contributed by atoms with van der Waals surface area (Å²) in [7, 11) is 2.24. The molecule has 0 aromatic rings. The van der Waals surface area contributed by atoms with E-state index in [0.29, 0.717) is 45.1 Å². The van der Waals surface area contributed by atoms with Gasteiger partial charge >= 0.3 is 5.97 Å². The molecule has 1 aliphatic rings. The first-order valence-electron chi connectivity index (χ1n) is 25.4. The number of hydrogen-bond acceptors (Lipinski definition) is 17. The lowest BCUT2D eigenvalue weighted by molar-refractivity contribution is -0.138. The quantitative estimate of drug-likeness (QED) is 0.0138. The summed E-state index contributed by atoms with van der Waals surface area (Å²) in [5, 5.41) is 30.5. The van der Waals surface area contributed by atoms with Crippen LogP contribution in [0.5, 0.6) is 0 Å². The van der Waals surface area contributed by atoms with Gasteiger partial charge in [-0.25, -0.2) is 0 Å². The summed E-state index contributed by atoms with van der Waals surface area (Å²) >= 11 is 0. The van der Waals surface area contributed by atoms with Crippen LogP contribution in [-0.2, 0) is 47.9 Å². The maximum absolute atomic E-state index is 14.3. The van der Waals surface area contributed by atoms with Crippen LogP contribution < -0.4 is 88.4 Å². The minimum Gasteiger partial charge on any atom is -0.481 e. The Morgan fingerprint density at radius 2 is 1.25 bits per heavy atom. The van der Waals surface area contributed by atoms with Crippen LogP contribution in [0.15, 0.2) is 9.98 Å². The van der Waals surface area contributed by atoms with Gasteiger partial charge in [0, 0.05) is 31.0 Å². The van der Waals surface area contributed by atoms with Crippen LogP contribution >= 0.6 is 21.6 Å². The van der Waals surface area contributed by atoms with Crippen molar-refractivity contribution in [2.75, 3.05) is 37.7 Å². The molecule has 0 radical (unpaired) electrons. The SMILES string of the molecule is CC[C@H](C)[C@H](NC(=O)[C@H](CCC(=O)O)NC(=O)[C@@H](N)CCCN=C(N)N)C(=O)N[C@@H]1CSSCC[C@@H](C(=O)N[C@@H](CCCN=C(N)N)C(N)=O)NC(=O)[C@H](CCCCN)NC(=O)[C@H](CCCCN)NC(=O)[C@H](C)NC1=O. The van der Waals surface area contributed by atoms with Crippen molar-refractivity contribution in [3.63, 3.8) is 0 Å². The fourth-order valence-electron chi connectivity index (χ4n) is 7.28. The Kier molecular flexibility index (Phi) is 33.5. The zero-order valence-electron chi connectivity index (χ0n) is 43.8. The van der Waals surface area contributed by atoms with Gasteiger partial charge in [0.15, 0.2) is 11.9 Å². The third-order valence-corrected chi connectivity index (χ3v) is 14.4. The van der Waals surface area contributed by atoms with E-state index in [4.69, 9.17) is 45.9 Å². The lowest BCUT2D eigenvalue weighted by atomic mass is 9.97. The topological polar surface area (TPSA) is 520 Å². The van der Waals surface area contributed by atoms with Crippen molar-refractivity contribution < 1.29 is 53.1 Å². The van der Waals surface area contributed by atoms with Crippen molar-refractivity contribution in [1.82, 2.24) is 42.5 Å². The van der Waals surface area contributed by atoms with E-state index in [0.717, 1.165) is 21.6 Å². The monoisotopic (exact) mass is 1120 g/mol. The average molecular weight is 1120 g/mol. The molecule has 1 heterocycles. The summed E-state index contributed by atoms with van der Waals surface area (Å²) < 4.78 is 0. The number of amides is 9. The number of aliphatic imine (C=N–C) groups is 2. The van der Waals surface area contributed by atoms with Crippen molar-refractivity contribution in [3.8, 4) is 0 Å². The van der Waals surface area contributed by atoms with Crippen LogP contribution in [0.3, 0.4) is 0 Å². The third kappa shape index (κ3) is 27.6. The smallest absolute Gasteiger partial charge is 0.303 e. The average Bonchev–Trinajstić information content (AvgIpc) is 3.36. The summed E-state index contributed by atoms with van der Waals surface area (Å²) in [5.41, 5.74) is 44.7. The zero-order valence-corrected chi connectivity index (χ0v) is 45.4. The van der Waals surface area contributed by atoms with Crippen LogP contribution in [0.1, 0.15) is 111 Å². The number of primary amides is 1. The second-order valence-corrected chi connectivity index (χ2v) is 20.9. The van der Waals surface area contributed by atoms with Gasteiger partial charge in [-0.2, -0.15) is 0 Å². The first-order chi connectivity index (χ1) is 35.9. The van der Waals surface area contributed by atoms with E-state index in [2.05, 4.69) is 52.5 Å². The maximum Gasteiger partial charge on any atom is 0.303 e. The van der Waals surface area contributed by atoms with Crippen molar-refractivity contribution in [1.29, 1.82) is 0 Å². The van der Waals surface area contributed by atoms with Crippen LogP contribution in [0.4, 0.5) is 0 Å². The van der Waals surface area contributed by atoms with Gasteiger partial charge in [0.05, 0.1) is 6.04 Å². The van der Waals surface area contributed by atoms with Gasteiger partial charge in [0.25, 0.3) is 0 Å². The molecule has 432 valence electrons. The molecule has 1 saturated heterocycles. The highest BCUT2D eigenvalue weighted by Gasteiger charge is 2.36. The van der Waals surface area contributed by atoms with E-state index in [1.54, 1.807) is 13.8 Å². The zero-order chi connectivity index (χ0) is 57.3. The summed E-state index contributed by atoms with van der Waals surface area (Å²) in [5.74, 6) is -9.47. The molecule has 0 bridgehead atoms. The van der Waals surface area contributed by atoms with Crippen LogP contribution in [0.2, 0.25) is 0 Å². The number of carboxylic acid groups (broad SMARTS) is 1. The van der Waals surface area contributed by atoms with E-state index >= 15 is 0 Å². The highest BCUT2D eigenvalue weighted by Crippen LogP contribution is 2.24. The van der Waals surface area contributed by atoms with Crippen molar-refractivity contribution in [2.24, 2.45) is 61.8 Å². The number of nitrogens with zero attached hydrogens (tertiary/aromatic N) is 2. The molecule has 1 fully saturated rings. The highest BCUT2D eigenvalue weighted by atomic mass is 33.1. The van der Waals surface area contributed by atoms with Crippen molar-refractivity contribution >= 4 is 92.6 Å². The van der Waals surface area contributed by atoms with E-state index in [9.17, 15) is 53.1 Å². The summed E-state index contributed by atoms with van der Waals surface area (Å²) in [4.78, 5) is 143. The molecular weight excluding hydrogens is 1030 g/mol. The number of nitrogens with one attached hydrogen (secondary N) is 8. The molecule has 76 heavy (non-hydrogen) atoms. The fraction of sp³-hybridized carbons (Fsp3) is 0.733. The number of aliphatic carboxylic acids is 1. The minimum absolute atomic E-state index is 0.0493. The second kappa shape index (κ2) is 37.5.